The van der Waals surface area contributed by atoms with Gasteiger partial charge in [-0.1, -0.05) is 11.2 Å². The van der Waals surface area contributed by atoms with E-state index in [-0.39, 0.29) is 4.21 Å². The van der Waals surface area contributed by atoms with Crippen LogP contribution in [0, 0.1) is 6.92 Å². The average molecular weight is 335 g/mol. The lowest BCUT2D eigenvalue weighted by atomic mass is 10.3. The van der Waals surface area contributed by atoms with Gasteiger partial charge < -0.3 is 9.84 Å². The van der Waals surface area contributed by atoms with E-state index in [0.717, 1.165) is 5.69 Å². The van der Waals surface area contributed by atoms with Gasteiger partial charge in [0.25, 0.3) is 10.0 Å². The summed E-state index contributed by atoms with van der Waals surface area (Å²) in [6.07, 6.45) is 0. The van der Waals surface area contributed by atoms with Crippen molar-refractivity contribution in [2.45, 2.75) is 11.1 Å². The molecule has 0 unspecified atom stereocenters. The molecule has 2 heterocycles. The quantitative estimate of drug-likeness (QED) is 0.744. The van der Waals surface area contributed by atoms with Crippen LogP contribution >= 0.6 is 11.3 Å². The second-order valence-corrected chi connectivity index (χ2v) is 7.42. The molecular weight excluding hydrogens is 322 g/mol. The molecule has 0 aliphatic carbocycles. The number of benzene rings is 1. The van der Waals surface area contributed by atoms with E-state index in [1.807, 2.05) is 0 Å². The molecule has 0 amide bonds. The van der Waals surface area contributed by atoms with Crippen LogP contribution < -0.4 is 10.0 Å². The number of aryl methyl sites for hydroxylation is 1. The van der Waals surface area contributed by atoms with Gasteiger partial charge in [-0.05, 0) is 42.6 Å². The minimum atomic E-state index is -3.52. The summed E-state index contributed by atoms with van der Waals surface area (Å²) < 4.78 is 32.0. The highest BCUT2D eigenvalue weighted by molar-refractivity contribution is 7.94. The van der Waals surface area contributed by atoms with Crippen molar-refractivity contribution in [1.29, 1.82) is 0 Å². The lowest BCUT2D eigenvalue weighted by molar-refractivity contribution is 0.400. The highest BCUT2D eigenvalue weighted by Crippen LogP contribution is 2.22. The van der Waals surface area contributed by atoms with Gasteiger partial charge >= 0.3 is 0 Å². The van der Waals surface area contributed by atoms with Crippen LogP contribution in [0.4, 0.5) is 17.2 Å². The van der Waals surface area contributed by atoms with Gasteiger partial charge in [0, 0.05) is 17.4 Å². The molecule has 0 aliphatic heterocycles. The molecule has 1 aromatic carbocycles. The Labute approximate surface area is 131 Å². The van der Waals surface area contributed by atoms with E-state index in [1.54, 1.807) is 54.8 Å². The molecule has 0 aliphatic rings. The molecule has 6 nitrogen and oxygen atoms in total. The lowest BCUT2D eigenvalue weighted by Crippen LogP contribution is -2.11. The Bertz CT molecular complexity index is 853. The number of hydrogen-bond donors (Lipinski definition) is 2. The van der Waals surface area contributed by atoms with Crippen LogP contribution in [-0.4, -0.2) is 13.6 Å². The van der Waals surface area contributed by atoms with Crippen LogP contribution in [0.1, 0.15) is 5.76 Å². The third kappa shape index (κ3) is 3.29. The predicted molar refractivity (Wildman–Crippen MR) is 86.1 cm³/mol. The number of thiophene rings is 1. The molecule has 22 heavy (non-hydrogen) atoms. The maximum absolute atomic E-state index is 12.1. The minimum Gasteiger partial charge on any atom is -0.360 e. The van der Waals surface area contributed by atoms with Gasteiger partial charge in [0.1, 0.15) is 9.97 Å². The SMILES string of the molecule is Cc1cc(Nc2ccc(NS(=O)(=O)c3cccs3)cc2)no1. The number of sulfonamides is 1. The third-order valence-corrected chi connectivity index (χ3v) is 5.58. The fourth-order valence-corrected chi connectivity index (χ4v) is 3.87. The molecule has 2 aromatic heterocycles. The maximum atomic E-state index is 12.1. The van der Waals surface area contributed by atoms with E-state index < -0.39 is 10.0 Å². The van der Waals surface area contributed by atoms with Gasteiger partial charge in [-0.3, -0.25) is 4.72 Å². The predicted octanol–water partition coefficient (Wildman–Crippen LogP) is 3.59. The van der Waals surface area contributed by atoms with Crippen molar-refractivity contribution in [1.82, 2.24) is 5.16 Å². The molecule has 0 fully saturated rings. The molecule has 8 heteroatoms. The second kappa shape index (κ2) is 5.82. The van der Waals surface area contributed by atoms with E-state index in [4.69, 9.17) is 4.52 Å². The number of anilines is 3. The van der Waals surface area contributed by atoms with Crippen LogP contribution in [0.2, 0.25) is 0 Å². The van der Waals surface area contributed by atoms with Crippen molar-refractivity contribution >= 4 is 38.6 Å². The van der Waals surface area contributed by atoms with E-state index in [0.29, 0.717) is 17.3 Å². The normalized spacial score (nSPS) is 11.3. The third-order valence-electron chi connectivity index (χ3n) is 2.80. The van der Waals surface area contributed by atoms with Gasteiger partial charge in [0.05, 0.1) is 0 Å². The van der Waals surface area contributed by atoms with Gasteiger partial charge in [-0.25, -0.2) is 8.42 Å². The molecule has 3 rings (SSSR count). The summed E-state index contributed by atoms with van der Waals surface area (Å²) >= 11 is 1.17. The Morgan fingerprint density at radius 3 is 2.45 bits per heavy atom. The molecule has 3 aromatic rings. The number of hydrogen-bond acceptors (Lipinski definition) is 6. The first-order chi connectivity index (χ1) is 10.5. The van der Waals surface area contributed by atoms with Crippen molar-refractivity contribution < 1.29 is 12.9 Å². The number of aromatic nitrogens is 1. The van der Waals surface area contributed by atoms with Gasteiger partial charge in [-0.2, -0.15) is 0 Å². The first-order valence-corrected chi connectivity index (χ1v) is 8.76. The molecule has 0 atom stereocenters. The van der Waals surface area contributed by atoms with Crippen LogP contribution in [0.15, 0.2) is 56.6 Å². The van der Waals surface area contributed by atoms with Gasteiger partial charge in [-0.15, -0.1) is 11.3 Å². The Kier molecular flexibility index (Phi) is 3.86. The number of nitrogens with zero attached hydrogens (tertiary/aromatic N) is 1. The van der Waals surface area contributed by atoms with E-state index >= 15 is 0 Å². The average Bonchev–Trinajstić information content (AvgIpc) is 3.13. The monoisotopic (exact) mass is 335 g/mol. The summed E-state index contributed by atoms with van der Waals surface area (Å²) in [5.41, 5.74) is 1.28. The van der Waals surface area contributed by atoms with E-state index in [9.17, 15) is 8.42 Å². The second-order valence-electron chi connectivity index (χ2n) is 4.56. The lowest BCUT2D eigenvalue weighted by Gasteiger charge is -2.07. The van der Waals surface area contributed by atoms with Crippen molar-refractivity contribution in [2.24, 2.45) is 0 Å². The van der Waals surface area contributed by atoms with Crippen LogP contribution in [0.3, 0.4) is 0 Å². The Morgan fingerprint density at radius 2 is 1.86 bits per heavy atom. The van der Waals surface area contributed by atoms with Crippen molar-refractivity contribution in [3.05, 3.63) is 53.6 Å². The highest BCUT2D eigenvalue weighted by atomic mass is 32.2. The summed E-state index contributed by atoms with van der Waals surface area (Å²) in [5.74, 6) is 1.31. The largest absolute Gasteiger partial charge is 0.360 e. The summed E-state index contributed by atoms with van der Waals surface area (Å²) in [7, 11) is -3.52. The Hall–Kier alpha value is -2.32. The smallest absolute Gasteiger partial charge is 0.271 e. The van der Waals surface area contributed by atoms with E-state index in [2.05, 4.69) is 15.2 Å². The van der Waals surface area contributed by atoms with Crippen molar-refractivity contribution in [3.8, 4) is 0 Å². The Balaban J connectivity index is 1.72. The fraction of sp³-hybridized carbons (Fsp3) is 0.0714. The zero-order chi connectivity index (χ0) is 15.6. The molecule has 0 saturated heterocycles. The maximum Gasteiger partial charge on any atom is 0.271 e. The molecule has 2 N–H and O–H groups in total. The summed E-state index contributed by atoms with van der Waals surface area (Å²) in [5, 5.41) is 8.62. The number of rotatable bonds is 5. The van der Waals surface area contributed by atoms with Crippen LogP contribution in [-0.2, 0) is 10.0 Å². The molecule has 0 radical (unpaired) electrons. The zero-order valence-corrected chi connectivity index (χ0v) is 13.2. The zero-order valence-electron chi connectivity index (χ0n) is 11.6. The topological polar surface area (TPSA) is 84.2 Å². The van der Waals surface area contributed by atoms with Crippen LogP contribution in [0.25, 0.3) is 0 Å². The van der Waals surface area contributed by atoms with Gasteiger partial charge in [0.15, 0.2) is 5.82 Å². The Morgan fingerprint density at radius 1 is 1.14 bits per heavy atom. The van der Waals surface area contributed by atoms with Gasteiger partial charge in [0.2, 0.25) is 0 Å². The van der Waals surface area contributed by atoms with Crippen molar-refractivity contribution in [2.75, 3.05) is 10.0 Å². The standard InChI is InChI=1S/C14H13N3O3S2/c1-10-9-13(16-20-10)15-11-4-6-12(7-5-11)17-22(18,19)14-3-2-8-21-14/h2-9,17H,1H3,(H,15,16). The highest BCUT2D eigenvalue weighted by Gasteiger charge is 2.14. The molecular formula is C14H13N3O3S2. The fourth-order valence-electron chi connectivity index (χ4n) is 1.82. The minimum absolute atomic E-state index is 0.285. The van der Waals surface area contributed by atoms with Crippen molar-refractivity contribution in [3.63, 3.8) is 0 Å². The summed E-state index contributed by atoms with van der Waals surface area (Å²) in [6, 6.07) is 11.9. The first-order valence-electron chi connectivity index (χ1n) is 6.40. The van der Waals surface area contributed by atoms with Crippen LogP contribution in [0.5, 0.6) is 0 Å². The van der Waals surface area contributed by atoms with E-state index in [1.165, 1.54) is 11.3 Å². The molecule has 114 valence electrons. The molecule has 0 bridgehead atoms. The summed E-state index contributed by atoms with van der Waals surface area (Å²) in [6.45, 7) is 1.81. The first kappa shape index (κ1) is 14.6. The molecule has 0 saturated carbocycles. The summed E-state index contributed by atoms with van der Waals surface area (Å²) in [4.78, 5) is 0. The molecule has 0 spiro atoms. The number of nitrogens with one attached hydrogen (secondary N) is 2.